The lowest BCUT2D eigenvalue weighted by Gasteiger charge is -2.37. The Morgan fingerprint density at radius 1 is 1.12 bits per heavy atom. The zero-order valence-electron chi connectivity index (χ0n) is 18.8. The largest absolute Gasteiger partial charge is 0.489 e. The van der Waals surface area contributed by atoms with Gasteiger partial charge in [-0.2, -0.15) is 0 Å². The van der Waals surface area contributed by atoms with Crippen LogP contribution in [0.15, 0.2) is 18.2 Å². The second-order valence-corrected chi connectivity index (χ2v) is 10.1. The average Bonchev–Trinajstić information content (AvgIpc) is 3.07. The Morgan fingerprint density at radius 2 is 1.94 bits per heavy atom. The van der Waals surface area contributed by atoms with Gasteiger partial charge in [0.05, 0.1) is 0 Å². The Balaban J connectivity index is 1.23. The molecule has 2 heterocycles. The Labute approximate surface area is 189 Å². The van der Waals surface area contributed by atoms with E-state index >= 15 is 0 Å². The molecule has 3 atom stereocenters. The number of hydrogen-bond acceptors (Lipinski definition) is 5. The van der Waals surface area contributed by atoms with Gasteiger partial charge in [-0.15, -0.1) is 0 Å². The molecule has 0 spiro atoms. The third-order valence-electron chi connectivity index (χ3n) is 7.63. The van der Waals surface area contributed by atoms with E-state index in [-0.39, 0.29) is 30.2 Å². The molecule has 0 aromatic heterocycles. The summed E-state index contributed by atoms with van der Waals surface area (Å²) in [4.78, 5) is 38.2. The highest BCUT2D eigenvalue weighted by molar-refractivity contribution is 6.05. The molecule has 1 aromatic carbocycles. The summed E-state index contributed by atoms with van der Waals surface area (Å²) in [6.45, 7) is 3.78. The molecule has 7 nitrogen and oxygen atoms in total. The van der Waals surface area contributed by atoms with Gasteiger partial charge in [0.1, 0.15) is 17.9 Å². The van der Waals surface area contributed by atoms with Crippen molar-refractivity contribution in [3.05, 3.63) is 29.3 Å². The van der Waals surface area contributed by atoms with Crippen LogP contribution in [0.5, 0.6) is 5.75 Å². The summed E-state index contributed by atoms with van der Waals surface area (Å²) in [5, 5.41) is 6.12. The number of carbonyl (C=O) groups is 3. The summed E-state index contributed by atoms with van der Waals surface area (Å²) in [5.74, 6) is 1.67. The van der Waals surface area contributed by atoms with E-state index in [9.17, 15) is 14.4 Å². The number of nitrogens with one attached hydrogen (secondary N) is 2. The van der Waals surface area contributed by atoms with Crippen LogP contribution in [0.3, 0.4) is 0 Å². The summed E-state index contributed by atoms with van der Waals surface area (Å²) in [6, 6.07) is 5.44. The van der Waals surface area contributed by atoms with Crippen molar-refractivity contribution in [1.82, 2.24) is 15.5 Å². The number of piperidine rings is 1. The molecule has 1 aromatic rings. The first-order valence-electron chi connectivity index (χ1n) is 12.2. The Bertz CT molecular complexity index is 910. The molecule has 2 saturated carbocycles. The van der Waals surface area contributed by atoms with Gasteiger partial charge in [-0.25, -0.2) is 0 Å². The van der Waals surface area contributed by atoms with Gasteiger partial charge in [-0.05, 0) is 80.7 Å². The summed E-state index contributed by atoms with van der Waals surface area (Å²) in [6.07, 6.45) is 8.03. The summed E-state index contributed by atoms with van der Waals surface area (Å²) >= 11 is 0. The molecule has 7 heteroatoms. The number of fused-ring (bicyclic) bond motifs is 1. The molecule has 2 aliphatic carbocycles. The van der Waals surface area contributed by atoms with Crippen molar-refractivity contribution in [2.75, 3.05) is 6.54 Å². The van der Waals surface area contributed by atoms with Gasteiger partial charge in [-0.1, -0.05) is 13.3 Å². The lowest BCUT2D eigenvalue weighted by atomic mass is 9.76. The molecule has 2 N–H and O–H groups in total. The molecule has 1 saturated heterocycles. The van der Waals surface area contributed by atoms with Gasteiger partial charge in [0.2, 0.25) is 11.8 Å². The first-order chi connectivity index (χ1) is 15.5. The molecule has 172 valence electrons. The van der Waals surface area contributed by atoms with Crippen molar-refractivity contribution >= 4 is 17.7 Å². The molecule has 0 bridgehead atoms. The molecule has 4 aliphatic rings. The van der Waals surface area contributed by atoms with Crippen molar-refractivity contribution in [2.24, 2.45) is 11.8 Å². The minimum atomic E-state index is -0.585. The first-order valence-corrected chi connectivity index (χ1v) is 12.2. The third-order valence-corrected chi connectivity index (χ3v) is 7.63. The van der Waals surface area contributed by atoms with E-state index in [0.717, 1.165) is 42.5 Å². The van der Waals surface area contributed by atoms with Crippen LogP contribution in [0.2, 0.25) is 0 Å². The van der Waals surface area contributed by atoms with Gasteiger partial charge in [0.15, 0.2) is 0 Å². The molecule has 3 fully saturated rings. The summed E-state index contributed by atoms with van der Waals surface area (Å²) < 4.78 is 6.43. The van der Waals surface area contributed by atoms with E-state index in [1.54, 1.807) is 4.90 Å². The molecule has 32 heavy (non-hydrogen) atoms. The van der Waals surface area contributed by atoms with Crippen LogP contribution in [-0.4, -0.2) is 47.4 Å². The summed E-state index contributed by atoms with van der Waals surface area (Å²) in [7, 11) is 0. The second kappa shape index (κ2) is 8.85. The van der Waals surface area contributed by atoms with Crippen LogP contribution < -0.4 is 15.4 Å². The van der Waals surface area contributed by atoms with E-state index in [0.29, 0.717) is 24.6 Å². The SMILES string of the molecule is CC1CC(CN[C@@H]2CCCC[C@H]2Oc2ccc3c(c2)CN(C2CCC(=O)NC2=O)C3=O)C1. The second-order valence-electron chi connectivity index (χ2n) is 10.1. The minimum Gasteiger partial charge on any atom is -0.489 e. The minimum absolute atomic E-state index is 0.141. The zero-order valence-corrected chi connectivity index (χ0v) is 18.8. The van der Waals surface area contributed by atoms with Crippen LogP contribution in [0, 0.1) is 11.8 Å². The molecule has 0 radical (unpaired) electrons. The molecule has 2 aliphatic heterocycles. The maximum atomic E-state index is 12.9. The van der Waals surface area contributed by atoms with E-state index in [1.807, 2.05) is 18.2 Å². The summed E-state index contributed by atoms with van der Waals surface area (Å²) in [5.41, 5.74) is 1.51. The van der Waals surface area contributed by atoms with Crippen LogP contribution >= 0.6 is 0 Å². The fourth-order valence-electron chi connectivity index (χ4n) is 5.82. The van der Waals surface area contributed by atoms with Gasteiger partial charge >= 0.3 is 0 Å². The van der Waals surface area contributed by atoms with Crippen molar-refractivity contribution in [3.8, 4) is 5.75 Å². The van der Waals surface area contributed by atoms with Crippen molar-refractivity contribution in [2.45, 2.75) is 83.0 Å². The van der Waals surface area contributed by atoms with Crippen LogP contribution in [0.4, 0.5) is 0 Å². The predicted molar refractivity (Wildman–Crippen MR) is 119 cm³/mol. The molecular formula is C25H33N3O4. The number of nitrogens with zero attached hydrogens (tertiary/aromatic N) is 1. The van der Waals surface area contributed by atoms with E-state index in [2.05, 4.69) is 17.6 Å². The number of rotatable bonds is 6. The lowest BCUT2D eigenvalue weighted by molar-refractivity contribution is -0.136. The van der Waals surface area contributed by atoms with Gasteiger partial charge in [-0.3, -0.25) is 19.7 Å². The molecule has 1 unspecified atom stereocenters. The van der Waals surface area contributed by atoms with Crippen LogP contribution in [-0.2, 0) is 16.1 Å². The van der Waals surface area contributed by atoms with Crippen molar-refractivity contribution < 1.29 is 19.1 Å². The fraction of sp³-hybridized carbons (Fsp3) is 0.640. The highest BCUT2D eigenvalue weighted by atomic mass is 16.5. The van der Waals surface area contributed by atoms with E-state index in [1.165, 1.54) is 25.7 Å². The Kier molecular flexibility index (Phi) is 5.93. The maximum Gasteiger partial charge on any atom is 0.255 e. The van der Waals surface area contributed by atoms with Crippen molar-refractivity contribution in [3.63, 3.8) is 0 Å². The number of imide groups is 1. The highest BCUT2D eigenvalue weighted by Gasteiger charge is 2.39. The quantitative estimate of drug-likeness (QED) is 0.666. The lowest BCUT2D eigenvalue weighted by Crippen LogP contribution is -2.52. The average molecular weight is 440 g/mol. The topological polar surface area (TPSA) is 87.7 Å². The van der Waals surface area contributed by atoms with E-state index < -0.39 is 6.04 Å². The smallest absolute Gasteiger partial charge is 0.255 e. The number of hydrogen-bond donors (Lipinski definition) is 2. The number of benzene rings is 1. The monoisotopic (exact) mass is 439 g/mol. The molecule has 3 amide bonds. The van der Waals surface area contributed by atoms with Crippen molar-refractivity contribution in [1.29, 1.82) is 0 Å². The number of carbonyl (C=O) groups excluding carboxylic acids is 3. The van der Waals surface area contributed by atoms with Gasteiger partial charge in [0, 0.05) is 24.6 Å². The predicted octanol–water partition coefficient (Wildman–Crippen LogP) is 2.77. The highest BCUT2D eigenvalue weighted by Crippen LogP contribution is 2.34. The fourth-order valence-corrected chi connectivity index (χ4v) is 5.82. The van der Waals surface area contributed by atoms with Crippen LogP contribution in [0.1, 0.15) is 74.2 Å². The van der Waals surface area contributed by atoms with E-state index in [4.69, 9.17) is 4.74 Å². The Hall–Kier alpha value is -2.41. The first kappa shape index (κ1) is 21.4. The maximum absolute atomic E-state index is 12.9. The normalized spacial score (nSPS) is 32.3. The third kappa shape index (κ3) is 4.27. The van der Waals surface area contributed by atoms with Crippen LogP contribution in [0.25, 0.3) is 0 Å². The Morgan fingerprint density at radius 3 is 2.72 bits per heavy atom. The number of amides is 3. The molecular weight excluding hydrogens is 406 g/mol. The molecule has 5 rings (SSSR count). The number of ether oxygens (including phenoxy) is 1. The zero-order chi connectivity index (χ0) is 22.2. The van der Waals surface area contributed by atoms with Gasteiger partial charge in [0.25, 0.3) is 5.91 Å². The standard InChI is InChI=1S/C25H33N3O4/c1-15-10-16(11-15)13-26-20-4-2-3-5-22(20)32-18-6-7-19-17(12-18)14-28(25(19)31)21-8-9-23(29)27-24(21)30/h6-7,12,15-16,20-22,26H,2-5,8-11,13-14H2,1H3,(H,27,29,30)/t15?,16?,20-,21?,22-/m1/s1. The van der Waals surface area contributed by atoms with Gasteiger partial charge < -0.3 is 15.0 Å².